The highest BCUT2D eigenvalue weighted by molar-refractivity contribution is 7.19. The van der Waals surface area contributed by atoms with E-state index in [-0.39, 0.29) is 0 Å². The van der Waals surface area contributed by atoms with Gasteiger partial charge in [0.05, 0.1) is 15.9 Å². The van der Waals surface area contributed by atoms with Gasteiger partial charge in [0, 0.05) is 10.9 Å². The van der Waals surface area contributed by atoms with E-state index in [9.17, 15) is 0 Å². The number of fused-ring (bicyclic) bond motifs is 1. The average molecular weight is 429 g/mol. The summed E-state index contributed by atoms with van der Waals surface area (Å²) in [6.45, 7) is 4.59. The monoisotopic (exact) mass is 428 g/mol. The highest BCUT2D eigenvalue weighted by Gasteiger charge is 2.28. The summed E-state index contributed by atoms with van der Waals surface area (Å²) in [5.41, 5.74) is 8.23. The largest absolute Gasteiger partial charge is 0.382 e. The number of nitrogens with two attached hydrogens (primary N) is 1. The second-order valence-electron chi connectivity index (χ2n) is 8.36. The van der Waals surface area contributed by atoms with E-state index in [1.54, 1.807) is 11.3 Å². The van der Waals surface area contributed by atoms with Crippen LogP contribution in [0.1, 0.15) is 61.4 Å². The van der Waals surface area contributed by atoms with Gasteiger partial charge < -0.3 is 16.0 Å². The Balaban J connectivity index is 1.30. The van der Waals surface area contributed by atoms with Crippen LogP contribution in [0, 0.1) is 6.92 Å². The van der Waals surface area contributed by atoms with E-state index in [2.05, 4.69) is 25.6 Å². The molecule has 29 heavy (non-hydrogen) atoms. The highest BCUT2D eigenvalue weighted by atomic mass is 32.1. The fourth-order valence-corrected chi connectivity index (χ4v) is 6.59. The molecule has 2 aliphatic rings. The number of rotatable bonds is 4. The van der Waals surface area contributed by atoms with Gasteiger partial charge in [0.1, 0.15) is 10.8 Å². The summed E-state index contributed by atoms with van der Waals surface area (Å²) in [4.78, 5) is 13.4. The topological polar surface area (TPSA) is 80.0 Å². The number of nitrogens with zero attached hydrogens (tertiary/aromatic N) is 4. The third-order valence-electron chi connectivity index (χ3n) is 6.29. The van der Waals surface area contributed by atoms with Crippen molar-refractivity contribution in [2.24, 2.45) is 0 Å². The molecule has 0 atom stereocenters. The van der Waals surface area contributed by atoms with Gasteiger partial charge in [-0.3, -0.25) is 0 Å². The number of likely N-dealkylation sites (tertiary alicyclic amines) is 1. The third-order valence-corrected chi connectivity index (χ3v) is 8.39. The molecule has 3 N–H and O–H groups in total. The van der Waals surface area contributed by atoms with Gasteiger partial charge in [0.25, 0.3) is 0 Å². The van der Waals surface area contributed by atoms with Crippen LogP contribution in [0.25, 0.3) is 10.2 Å². The fraction of sp³-hybridized carbons (Fsp3) is 0.571. The van der Waals surface area contributed by atoms with E-state index >= 15 is 0 Å². The van der Waals surface area contributed by atoms with Crippen LogP contribution in [0.5, 0.6) is 0 Å². The van der Waals surface area contributed by atoms with Crippen molar-refractivity contribution in [2.45, 2.75) is 63.8 Å². The van der Waals surface area contributed by atoms with Crippen LogP contribution in [0.2, 0.25) is 0 Å². The summed E-state index contributed by atoms with van der Waals surface area (Å²) in [5.74, 6) is 1.75. The van der Waals surface area contributed by atoms with Gasteiger partial charge in [-0.15, -0.1) is 11.3 Å². The minimum absolute atomic E-state index is 0.553. The highest BCUT2D eigenvalue weighted by Crippen LogP contribution is 2.41. The maximum Gasteiger partial charge on any atom is 0.230 e. The SMILES string of the molecule is Cc1cc(Nc2nc(N)c3sc(C4CCC(N5CCCCC5)CC4)cc3n2)sn1. The Morgan fingerprint density at radius 3 is 2.59 bits per heavy atom. The molecule has 1 aliphatic heterocycles. The zero-order valence-electron chi connectivity index (χ0n) is 16.9. The van der Waals surface area contributed by atoms with Crippen LogP contribution in [-0.2, 0) is 0 Å². The molecule has 0 unspecified atom stereocenters. The quantitative estimate of drug-likeness (QED) is 0.587. The average Bonchev–Trinajstić information content (AvgIpc) is 3.35. The van der Waals surface area contributed by atoms with Crippen LogP contribution in [0.3, 0.4) is 0 Å². The van der Waals surface area contributed by atoms with Crippen LogP contribution in [0.15, 0.2) is 12.1 Å². The van der Waals surface area contributed by atoms with E-state index in [0.717, 1.165) is 27.0 Å². The smallest absolute Gasteiger partial charge is 0.230 e. The second-order valence-corrected chi connectivity index (χ2v) is 10.2. The lowest BCUT2D eigenvalue weighted by atomic mass is 9.84. The first-order valence-electron chi connectivity index (χ1n) is 10.7. The van der Waals surface area contributed by atoms with Crippen LogP contribution >= 0.6 is 22.9 Å². The molecule has 0 bridgehead atoms. The molecule has 8 heteroatoms. The summed E-state index contributed by atoms with van der Waals surface area (Å²) >= 11 is 3.20. The van der Waals surface area contributed by atoms with Gasteiger partial charge in [-0.1, -0.05) is 6.42 Å². The Kier molecular flexibility index (Phi) is 5.41. The van der Waals surface area contributed by atoms with Crippen LogP contribution in [-0.4, -0.2) is 38.4 Å². The van der Waals surface area contributed by atoms with Gasteiger partial charge in [-0.25, -0.2) is 4.98 Å². The maximum absolute atomic E-state index is 6.28. The van der Waals surface area contributed by atoms with E-state index in [1.165, 1.54) is 74.4 Å². The molecule has 3 aromatic rings. The number of thiophene rings is 1. The number of hydrogen-bond donors (Lipinski definition) is 2. The Bertz CT molecular complexity index is 982. The van der Waals surface area contributed by atoms with E-state index < -0.39 is 0 Å². The molecule has 1 saturated heterocycles. The molecule has 2 fully saturated rings. The molecule has 0 spiro atoms. The molecule has 4 heterocycles. The van der Waals surface area contributed by atoms with Gasteiger partial charge in [0.15, 0.2) is 0 Å². The first-order chi connectivity index (χ1) is 14.2. The third kappa shape index (κ3) is 4.11. The standard InChI is InChI=1S/C21H28N6S2/c1-13-11-18(29-26-13)24-21-23-16-12-17(28-19(16)20(22)25-21)14-5-7-15(8-6-14)27-9-3-2-4-10-27/h11-12,14-15H,2-10H2,1H3,(H3,22,23,24,25). The molecule has 0 amide bonds. The van der Waals surface area contributed by atoms with Crippen molar-refractivity contribution in [1.82, 2.24) is 19.2 Å². The summed E-state index contributed by atoms with van der Waals surface area (Å²) in [7, 11) is 0. The van der Waals surface area contributed by atoms with Crippen molar-refractivity contribution in [1.29, 1.82) is 0 Å². The molecular formula is C21H28N6S2. The first kappa shape index (κ1) is 19.2. The number of piperidine rings is 1. The van der Waals surface area contributed by atoms with E-state index in [4.69, 9.17) is 10.7 Å². The van der Waals surface area contributed by atoms with E-state index in [0.29, 0.717) is 17.7 Å². The van der Waals surface area contributed by atoms with E-state index in [1.807, 2.05) is 13.0 Å². The lowest BCUT2D eigenvalue weighted by molar-refractivity contribution is 0.125. The minimum atomic E-state index is 0.553. The summed E-state index contributed by atoms with van der Waals surface area (Å²) in [6.07, 6.45) is 9.35. The molecule has 1 aliphatic carbocycles. The Hall–Kier alpha value is -1.77. The Morgan fingerprint density at radius 1 is 1.07 bits per heavy atom. The number of hydrogen-bond acceptors (Lipinski definition) is 8. The zero-order valence-corrected chi connectivity index (χ0v) is 18.5. The van der Waals surface area contributed by atoms with Gasteiger partial charge in [-0.2, -0.15) is 9.36 Å². The van der Waals surface area contributed by atoms with Crippen LogP contribution < -0.4 is 11.1 Å². The number of nitrogen functional groups attached to an aromatic ring is 1. The summed E-state index contributed by atoms with van der Waals surface area (Å²) in [6, 6.07) is 5.03. The summed E-state index contributed by atoms with van der Waals surface area (Å²) < 4.78 is 5.31. The van der Waals surface area contributed by atoms with Crippen molar-refractivity contribution >= 4 is 49.9 Å². The molecule has 0 radical (unpaired) electrons. The second kappa shape index (κ2) is 8.16. The summed E-state index contributed by atoms with van der Waals surface area (Å²) in [5, 5.41) is 4.18. The van der Waals surface area contributed by atoms with Gasteiger partial charge in [0.2, 0.25) is 5.95 Å². The van der Waals surface area contributed by atoms with Crippen molar-refractivity contribution in [2.75, 3.05) is 24.1 Å². The molecular weight excluding hydrogens is 400 g/mol. The molecule has 6 nitrogen and oxygen atoms in total. The minimum Gasteiger partial charge on any atom is -0.382 e. The number of anilines is 3. The molecule has 1 saturated carbocycles. The maximum atomic E-state index is 6.28. The first-order valence-corrected chi connectivity index (χ1v) is 12.3. The predicted molar refractivity (Wildman–Crippen MR) is 122 cm³/mol. The number of aromatic nitrogens is 3. The fourth-order valence-electron chi connectivity index (χ4n) is 4.77. The van der Waals surface area contributed by atoms with Gasteiger partial charge >= 0.3 is 0 Å². The number of aryl methyl sites for hydroxylation is 1. The molecule has 154 valence electrons. The Morgan fingerprint density at radius 2 is 1.86 bits per heavy atom. The molecule has 5 rings (SSSR count). The van der Waals surface area contributed by atoms with Crippen LogP contribution in [0.4, 0.5) is 16.8 Å². The Labute approximate surface area is 179 Å². The van der Waals surface area contributed by atoms with Crippen molar-refractivity contribution < 1.29 is 0 Å². The molecule has 3 aromatic heterocycles. The number of nitrogens with one attached hydrogen (secondary N) is 1. The lowest BCUT2D eigenvalue weighted by Crippen LogP contribution is -2.41. The van der Waals surface area contributed by atoms with Crippen molar-refractivity contribution in [3.05, 3.63) is 22.7 Å². The lowest BCUT2D eigenvalue weighted by Gasteiger charge is -2.38. The molecule has 0 aromatic carbocycles. The zero-order chi connectivity index (χ0) is 19.8. The predicted octanol–water partition coefficient (Wildman–Crippen LogP) is 5.29. The van der Waals surface area contributed by atoms with Gasteiger partial charge in [-0.05, 0) is 88.1 Å². The normalized spacial score (nSPS) is 23.5. The van der Waals surface area contributed by atoms with Crippen molar-refractivity contribution in [3.63, 3.8) is 0 Å². The van der Waals surface area contributed by atoms with Crippen molar-refractivity contribution in [3.8, 4) is 0 Å².